The molecule has 2 aliphatic rings. The van der Waals surface area contributed by atoms with Crippen molar-refractivity contribution in [3.05, 3.63) is 62.8 Å². The number of Topliss-reactive ketones (excluding diaryl/α,β-unsaturated/α-hetero) is 1. The van der Waals surface area contributed by atoms with Gasteiger partial charge in [0.15, 0.2) is 5.76 Å². The van der Waals surface area contributed by atoms with Crippen molar-refractivity contribution >= 4 is 35.1 Å². The lowest BCUT2D eigenvalue weighted by atomic mass is 9.91. The fourth-order valence-electron chi connectivity index (χ4n) is 4.35. The molecular formula is C23H23Cl2NO3. The third-order valence-corrected chi connectivity index (χ3v) is 6.05. The van der Waals surface area contributed by atoms with E-state index in [1.807, 2.05) is 0 Å². The molecular weight excluding hydrogens is 409 g/mol. The minimum atomic E-state index is -0.215. The van der Waals surface area contributed by atoms with E-state index in [9.17, 15) is 9.90 Å². The van der Waals surface area contributed by atoms with Crippen molar-refractivity contribution in [2.75, 3.05) is 13.1 Å². The van der Waals surface area contributed by atoms with Gasteiger partial charge >= 0.3 is 0 Å². The van der Waals surface area contributed by atoms with Crippen LogP contribution in [0.3, 0.4) is 0 Å². The van der Waals surface area contributed by atoms with Gasteiger partial charge in [0.25, 0.3) is 0 Å². The van der Waals surface area contributed by atoms with Gasteiger partial charge in [-0.25, -0.2) is 0 Å². The lowest BCUT2D eigenvalue weighted by Crippen LogP contribution is -2.38. The fourth-order valence-corrected chi connectivity index (χ4v) is 4.82. The zero-order chi connectivity index (χ0) is 20.7. The number of halogens is 2. The van der Waals surface area contributed by atoms with E-state index in [4.69, 9.17) is 27.9 Å². The molecule has 0 saturated carbocycles. The highest BCUT2D eigenvalue weighted by atomic mass is 35.5. The minimum absolute atomic E-state index is 0.146. The van der Waals surface area contributed by atoms with E-state index in [1.165, 1.54) is 6.42 Å². The molecule has 1 fully saturated rings. The molecule has 0 unspecified atom stereocenters. The Morgan fingerprint density at radius 1 is 1.17 bits per heavy atom. The number of aromatic hydroxyl groups is 1. The first kappa shape index (κ1) is 20.3. The van der Waals surface area contributed by atoms with Crippen LogP contribution in [0.4, 0.5) is 0 Å². The smallest absolute Gasteiger partial charge is 0.231 e. The zero-order valence-corrected chi connectivity index (χ0v) is 17.9. The number of phenols is 1. The van der Waals surface area contributed by atoms with Crippen LogP contribution < -0.4 is 4.74 Å². The normalized spacial score (nSPS) is 23.3. The summed E-state index contributed by atoms with van der Waals surface area (Å²) in [6.45, 7) is 6.96. The molecule has 1 saturated heterocycles. The van der Waals surface area contributed by atoms with Gasteiger partial charge in [-0.3, -0.25) is 9.69 Å². The number of ether oxygens (including phenoxy) is 1. The van der Waals surface area contributed by atoms with Crippen molar-refractivity contribution in [3.63, 3.8) is 0 Å². The van der Waals surface area contributed by atoms with E-state index >= 15 is 0 Å². The summed E-state index contributed by atoms with van der Waals surface area (Å²) in [4.78, 5) is 15.2. The van der Waals surface area contributed by atoms with Crippen molar-refractivity contribution in [2.24, 2.45) is 11.8 Å². The van der Waals surface area contributed by atoms with Crippen LogP contribution in [0.2, 0.25) is 10.0 Å². The zero-order valence-electron chi connectivity index (χ0n) is 16.4. The molecule has 0 aliphatic carbocycles. The number of fused-ring (bicyclic) bond motifs is 1. The average Bonchev–Trinajstić information content (AvgIpc) is 2.95. The molecule has 6 heteroatoms. The molecule has 0 spiro atoms. The Morgan fingerprint density at radius 2 is 1.90 bits per heavy atom. The van der Waals surface area contributed by atoms with E-state index in [0.717, 1.165) is 13.1 Å². The van der Waals surface area contributed by atoms with Crippen LogP contribution in [0.15, 0.2) is 36.1 Å². The maximum absolute atomic E-state index is 12.9. The van der Waals surface area contributed by atoms with Gasteiger partial charge in [-0.15, -0.1) is 0 Å². The lowest BCUT2D eigenvalue weighted by Gasteiger charge is -2.35. The Hall–Kier alpha value is -2.01. The molecule has 152 valence electrons. The number of likely N-dealkylation sites (tertiary alicyclic amines) is 1. The topological polar surface area (TPSA) is 49.8 Å². The SMILES string of the molecule is C[C@@H]1C[C@@H](C)CN(Cc2c(O)ccc3c2O/C(=C\c2ccc(Cl)cc2Cl)C3=O)C1. The lowest BCUT2D eigenvalue weighted by molar-refractivity contribution is 0.101. The highest BCUT2D eigenvalue weighted by molar-refractivity contribution is 6.35. The van der Waals surface area contributed by atoms with Gasteiger partial charge in [0.2, 0.25) is 5.78 Å². The van der Waals surface area contributed by atoms with Gasteiger partial charge in [-0.1, -0.05) is 43.1 Å². The standard InChI is InChI=1S/C23H23Cl2NO3/c1-13-7-14(2)11-26(10-13)12-18-20(27)6-5-17-22(28)21(29-23(17)18)8-15-3-4-16(24)9-19(15)25/h3-6,8-9,13-14,27H,7,10-12H2,1-2H3/b21-8-/t13-,14-/m1/s1. The number of carbonyl (C=O) groups excluding carboxylic acids is 1. The summed E-state index contributed by atoms with van der Waals surface area (Å²) in [6.07, 6.45) is 2.83. The summed E-state index contributed by atoms with van der Waals surface area (Å²) in [5.74, 6) is 1.76. The van der Waals surface area contributed by atoms with Crippen LogP contribution in [-0.2, 0) is 6.54 Å². The molecule has 0 bridgehead atoms. The minimum Gasteiger partial charge on any atom is -0.507 e. The molecule has 2 aromatic carbocycles. The predicted octanol–water partition coefficient (Wildman–Crippen LogP) is 5.79. The van der Waals surface area contributed by atoms with Crippen LogP contribution in [0.25, 0.3) is 6.08 Å². The van der Waals surface area contributed by atoms with Crippen molar-refractivity contribution in [1.29, 1.82) is 0 Å². The van der Waals surface area contributed by atoms with Crippen LogP contribution in [0.5, 0.6) is 11.5 Å². The fraction of sp³-hybridized carbons (Fsp3) is 0.348. The van der Waals surface area contributed by atoms with E-state index in [0.29, 0.717) is 50.9 Å². The Labute approximate surface area is 180 Å². The number of ketones is 1. The monoisotopic (exact) mass is 431 g/mol. The van der Waals surface area contributed by atoms with Crippen LogP contribution in [0, 0.1) is 11.8 Å². The second-order valence-electron chi connectivity index (χ2n) is 8.19. The van der Waals surface area contributed by atoms with Crippen molar-refractivity contribution in [3.8, 4) is 11.5 Å². The third-order valence-electron chi connectivity index (χ3n) is 5.49. The number of carbonyl (C=O) groups is 1. The third kappa shape index (κ3) is 4.16. The van der Waals surface area contributed by atoms with Crippen LogP contribution in [-0.4, -0.2) is 28.9 Å². The van der Waals surface area contributed by atoms with E-state index < -0.39 is 0 Å². The van der Waals surface area contributed by atoms with Gasteiger partial charge in [0.05, 0.1) is 11.1 Å². The first-order valence-corrected chi connectivity index (χ1v) is 10.5. The van der Waals surface area contributed by atoms with Crippen molar-refractivity contribution < 1.29 is 14.6 Å². The Bertz CT molecular complexity index is 992. The highest BCUT2D eigenvalue weighted by Crippen LogP contribution is 2.41. The summed E-state index contributed by atoms with van der Waals surface area (Å²) in [7, 11) is 0. The van der Waals surface area contributed by atoms with Gasteiger partial charge in [0, 0.05) is 29.7 Å². The molecule has 0 radical (unpaired) electrons. The quantitative estimate of drug-likeness (QED) is 0.624. The molecule has 2 aromatic rings. The largest absolute Gasteiger partial charge is 0.507 e. The highest BCUT2D eigenvalue weighted by Gasteiger charge is 2.32. The number of benzene rings is 2. The molecule has 2 heterocycles. The molecule has 29 heavy (non-hydrogen) atoms. The molecule has 1 N–H and O–H groups in total. The predicted molar refractivity (Wildman–Crippen MR) is 116 cm³/mol. The van der Waals surface area contributed by atoms with E-state index in [1.54, 1.807) is 36.4 Å². The van der Waals surface area contributed by atoms with Gasteiger partial charge in [0.1, 0.15) is 11.5 Å². The number of phenolic OH excluding ortho intramolecular Hbond substituents is 1. The Balaban J connectivity index is 1.65. The van der Waals surface area contributed by atoms with Crippen molar-refractivity contribution in [1.82, 2.24) is 4.90 Å². The Kier molecular flexibility index (Phi) is 5.60. The van der Waals surface area contributed by atoms with Crippen LogP contribution in [0.1, 0.15) is 41.8 Å². The van der Waals surface area contributed by atoms with Crippen molar-refractivity contribution in [2.45, 2.75) is 26.8 Å². The van der Waals surface area contributed by atoms with E-state index in [-0.39, 0.29) is 17.3 Å². The molecule has 0 amide bonds. The summed E-state index contributed by atoms with van der Waals surface area (Å²) in [5.41, 5.74) is 1.77. The molecule has 0 aromatic heterocycles. The average molecular weight is 432 g/mol. The first-order chi connectivity index (χ1) is 13.8. The van der Waals surface area contributed by atoms with Gasteiger partial charge in [-0.2, -0.15) is 0 Å². The first-order valence-electron chi connectivity index (χ1n) is 9.78. The number of nitrogens with zero attached hydrogens (tertiary/aromatic N) is 1. The molecule has 2 aliphatic heterocycles. The molecule has 2 atom stereocenters. The maximum atomic E-state index is 12.9. The van der Waals surface area contributed by atoms with E-state index in [2.05, 4.69) is 18.7 Å². The number of piperidine rings is 1. The summed E-state index contributed by atoms with van der Waals surface area (Å²) in [6, 6.07) is 8.26. The second kappa shape index (κ2) is 8.02. The number of rotatable bonds is 3. The molecule has 4 nitrogen and oxygen atoms in total. The second-order valence-corrected chi connectivity index (χ2v) is 9.03. The summed E-state index contributed by atoms with van der Waals surface area (Å²) >= 11 is 12.2. The summed E-state index contributed by atoms with van der Waals surface area (Å²) in [5, 5.41) is 11.5. The number of allylic oxidation sites excluding steroid dienone is 1. The van der Waals surface area contributed by atoms with Gasteiger partial charge in [-0.05, 0) is 54.2 Å². The van der Waals surface area contributed by atoms with Crippen LogP contribution >= 0.6 is 23.2 Å². The maximum Gasteiger partial charge on any atom is 0.231 e. The number of hydrogen-bond acceptors (Lipinski definition) is 4. The number of hydrogen-bond donors (Lipinski definition) is 1. The Morgan fingerprint density at radius 3 is 2.59 bits per heavy atom. The molecule has 4 rings (SSSR count). The summed E-state index contributed by atoms with van der Waals surface area (Å²) < 4.78 is 5.95. The van der Waals surface area contributed by atoms with Gasteiger partial charge < -0.3 is 9.84 Å².